The average Bonchev–Trinajstić information content (AvgIpc) is 3.37. The molecule has 4 aromatic carbocycles. The molecule has 3 nitrogen and oxygen atoms in total. The molecule has 2 heterocycles. The molecule has 6 heteroatoms. The van der Waals surface area contributed by atoms with Gasteiger partial charge < -0.3 is 0 Å². The number of benzene rings is 4. The van der Waals surface area contributed by atoms with E-state index in [-0.39, 0.29) is 0 Å². The highest BCUT2D eigenvalue weighted by Crippen LogP contribution is 2.41. The van der Waals surface area contributed by atoms with Crippen molar-refractivity contribution in [2.24, 2.45) is 0 Å². The third-order valence-corrected chi connectivity index (χ3v) is 16.0. The summed E-state index contributed by atoms with van der Waals surface area (Å²) in [5.74, 6) is 3.71. The van der Waals surface area contributed by atoms with Crippen LogP contribution in [0.5, 0.6) is 0 Å². The molecule has 0 bridgehead atoms. The van der Waals surface area contributed by atoms with Gasteiger partial charge in [0.05, 0.1) is 13.0 Å². The number of hydrogen-bond donors (Lipinski definition) is 0. The van der Waals surface area contributed by atoms with Crippen molar-refractivity contribution >= 4 is 36.5 Å². The fourth-order valence-corrected chi connectivity index (χ4v) is 12.1. The van der Waals surface area contributed by atoms with E-state index in [0.717, 1.165) is 28.3 Å². The fraction of sp³-hybridized carbons (Fsp3) is 0.235. The molecule has 4 aromatic rings. The Kier molecular flexibility index (Phi) is 6.55. The zero-order valence-electron chi connectivity index (χ0n) is 23.9. The van der Waals surface area contributed by atoms with Crippen LogP contribution in [-0.4, -0.2) is 28.9 Å². The van der Waals surface area contributed by atoms with E-state index in [2.05, 4.69) is 98.3 Å². The lowest BCUT2D eigenvalue weighted by Crippen LogP contribution is -2.48. The van der Waals surface area contributed by atoms with Crippen molar-refractivity contribution in [1.82, 2.24) is 4.31 Å². The maximum absolute atomic E-state index is 13.8. The molecule has 2 aliphatic rings. The first kappa shape index (κ1) is 27.0. The summed E-state index contributed by atoms with van der Waals surface area (Å²) in [4.78, 5) is 0.347. The van der Waals surface area contributed by atoms with Crippen LogP contribution in [0.4, 0.5) is 0 Å². The largest absolute Gasteiger partial charge is 0.243 e. The van der Waals surface area contributed by atoms with Crippen LogP contribution in [0.25, 0.3) is 11.1 Å². The summed E-state index contributed by atoms with van der Waals surface area (Å²) in [7, 11) is -7.44. The molecule has 0 saturated heterocycles. The van der Waals surface area contributed by atoms with Crippen LogP contribution >= 0.6 is 0 Å². The Bertz CT molecular complexity index is 1800. The Hall–Kier alpha value is -3.22. The standard InChI is InChI=1S/C34H35NO2SSi2/c1-25-15-17-27(18-16-25)38(36,37)35-22-26-21-31-30-13-9-10-14-34(30)40(4,5)24-33(31)29(32(26)23-35)19-20-39(2,3)28-11-7-6-8-12-28/h6-18,21H,22-24H2,1-5H3. The van der Waals surface area contributed by atoms with Gasteiger partial charge in [0.25, 0.3) is 0 Å². The zero-order valence-corrected chi connectivity index (χ0v) is 26.7. The highest BCUT2D eigenvalue weighted by molar-refractivity contribution is 7.89. The Morgan fingerprint density at radius 1 is 0.825 bits per heavy atom. The Morgan fingerprint density at radius 3 is 2.23 bits per heavy atom. The van der Waals surface area contributed by atoms with E-state index in [1.54, 1.807) is 16.4 Å². The van der Waals surface area contributed by atoms with E-state index in [9.17, 15) is 8.42 Å². The van der Waals surface area contributed by atoms with E-state index in [1.165, 1.54) is 27.1 Å². The summed E-state index contributed by atoms with van der Waals surface area (Å²) in [5.41, 5.74) is 11.9. The fourth-order valence-electron chi connectivity index (χ4n) is 6.16. The second-order valence-corrected chi connectivity index (χ2v) is 23.0. The van der Waals surface area contributed by atoms with E-state index in [4.69, 9.17) is 0 Å². The monoisotopic (exact) mass is 577 g/mol. The van der Waals surface area contributed by atoms with Crippen molar-refractivity contribution in [2.75, 3.05) is 0 Å². The third kappa shape index (κ3) is 4.61. The van der Waals surface area contributed by atoms with Crippen molar-refractivity contribution in [3.8, 4) is 22.6 Å². The van der Waals surface area contributed by atoms with E-state index in [1.807, 2.05) is 19.1 Å². The summed E-state index contributed by atoms with van der Waals surface area (Å²) in [5, 5.41) is 2.79. The van der Waals surface area contributed by atoms with Gasteiger partial charge in [-0.05, 0) is 64.2 Å². The van der Waals surface area contributed by atoms with Gasteiger partial charge in [0.15, 0.2) is 8.07 Å². The summed E-state index contributed by atoms with van der Waals surface area (Å²) in [6.07, 6.45) is 0. The molecule has 0 amide bonds. The molecule has 0 N–H and O–H groups in total. The smallest absolute Gasteiger partial charge is 0.207 e. The Morgan fingerprint density at radius 2 is 1.50 bits per heavy atom. The third-order valence-electron chi connectivity index (χ3n) is 8.54. The first-order valence-electron chi connectivity index (χ1n) is 13.9. The van der Waals surface area contributed by atoms with Gasteiger partial charge in [0, 0.05) is 18.7 Å². The first-order chi connectivity index (χ1) is 19.0. The minimum absolute atomic E-state index is 0.347. The molecule has 0 fully saturated rings. The number of rotatable bonds is 3. The first-order valence-corrected chi connectivity index (χ1v) is 21.6. The second-order valence-electron chi connectivity index (χ2n) is 12.3. The Balaban J connectivity index is 1.53. The lowest BCUT2D eigenvalue weighted by Gasteiger charge is -2.34. The number of hydrogen-bond acceptors (Lipinski definition) is 2. The van der Waals surface area contributed by atoms with Crippen molar-refractivity contribution < 1.29 is 8.42 Å². The molecule has 0 aromatic heterocycles. The van der Waals surface area contributed by atoms with Gasteiger partial charge in [-0.15, -0.1) is 5.54 Å². The summed E-state index contributed by atoms with van der Waals surface area (Å²) in [6, 6.07) is 29.9. The summed E-state index contributed by atoms with van der Waals surface area (Å²) < 4.78 is 29.1. The quantitative estimate of drug-likeness (QED) is 0.225. The molecular formula is C34H35NO2SSi2. The second kappa shape index (κ2) is 9.71. The highest BCUT2D eigenvalue weighted by Gasteiger charge is 2.38. The lowest BCUT2D eigenvalue weighted by atomic mass is 9.90. The molecule has 2 aliphatic heterocycles. The number of sulfonamides is 1. The predicted molar refractivity (Wildman–Crippen MR) is 171 cm³/mol. The van der Waals surface area contributed by atoms with Crippen molar-refractivity contribution in [3.63, 3.8) is 0 Å². The van der Waals surface area contributed by atoms with Crippen LogP contribution in [0, 0.1) is 18.4 Å². The molecule has 0 atom stereocenters. The van der Waals surface area contributed by atoms with Gasteiger partial charge in [-0.3, -0.25) is 0 Å². The predicted octanol–water partition coefficient (Wildman–Crippen LogP) is 5.88. The van der Waals surface area contributed by atoms with Crippen molar-refractivity contribution in [3.05, 3.63) is 113 Å². The normalized spacial score (nSPS) is 15.9. The lowest BCUT2D eigenvalue weighted by molar-refractivity contribution is 0.431. The molecule has 0 radical (unpaired) electrons. The van der Waals surface area contributed by atoms with Crippen LogP contribution in [0.15, 0.2) is 89.8 Å². The maximum Gasteiger partial charge on any atom is 0.243 e. The van der Waals surface area contributed by atoms with Gasteiger partial charge in [-0.25, -0.2) is 8.42 Å². The molecule has 0 unspecified atom stereocenters. The molecular weight excluding hydrogens is 543 g/mol. The molecule has 0 saturated carbocycles. The zero-order chi connectivity index (χ0) is 28.3. The average molecular weight is 578 g/mol. The minimum atomic E-state index is -3.63. The van der Waals surface area contributed by atoms with Crippen LogP contribution in [0.3, 0.4) is 0 Å². The van der Waals surface area contributed by atoms with E-state index in [0.29, 0.717) is 18.0 Å². The minimum Gasteiger partial charge on any atom is -0.207 e. The molecule has 0 aliphatic carbocycles. The van der Waals surface area contributed by atoms with Gasteiger partial charge in [-0.1, -0.05) is 110 Å². The molecule has 40 heavy (non-hydrogen) atoms. The van der Waals surface area contributed by atoms with E-state index >= 15 is 0 Å². The SMILES string of the molecule is Cc1ccc(S(=O)(=O)N2Cc3cc4c(c(C#C[Si](C)(C)c5ccccc5)c3C2)C[Si](C)(C)c2ccccc2-4)cc1. The highest BCUT2D eigenvalue weighted by atomic mass is 32.2. The van der Waals surface area contributed by atoms with E-state index < -0.39 is 26.2 Å². The number of nitrogens with zero attached hydrogens (tertiary/aromatic N) is 1. The van der Waals surface area contributed by atoms with Crippen LogP contribution < -0.4 is 10.4 Å². The van der Waals surface area contributed by atoms with Crippen molar-refractivity contribution in [2.45, 2.75) is 57.1 Å². The maximum atomic E-state index is 13.8. The Labute approximate surface area is 241 Å². The molecule has 202 valence electrons. The molecule has 6 rings (SSSR count). The van der Waals surface area contributed by atoms with Gasteiger partial charge in [0.1, 0.15) is 0 Å². The summed E-state index contributed by atoms with van der Waals surface area (Å²) >= 11 is 0. The number of fused-ring (bicyclic) bond motifs is 4. The van der Waals surface area contributed by atoms with Crippen LogP contribution in [-0.2, 0) is 29.2 Å². The summed E-state index contributed by atoms with van der Waals surface area (Å²) in [6.45, 7) is 12.2. The van der Waals surface area contributed by atoms with Crippen molar-refractivity contribution in [1.29, 1.82) is 0 Å². The topological polar surface area (TPSA) is 37.4 Å². The molecule has 0 spiro atoms. The van der Waals surface area contributed by atoms with Gasteiger partial charge in [-0.2, -0.15) is 4.31 Å². The van der Waals surface area contributed by atoms with Crippen LogP contribution in [0.1, 0.15) is 27.8 Å². The number of aryl methyl sites for hydroxylation is 1. The van der Waals surface area contributed by atoms with Gasteiger partial charge in [0.2, 0.25) is 10.0 Å². The van der Waals surface area contributed by atoms with Gasteiger partial charge >= 0.3 is 0 Å². The van der Waals surface area contributed by atoms with Crippen LogP contribution in [0.2, 0.25) is 26.2 Å².